The van der Waals surface area contributed by atoms with Crippen molar-refractivity contribution in [3.8, 4) is 5.75 Å². The lowest BCUT2D eigenvalue weighted by Gasteiger charge is -2.10. The maximum Gasteiger partial charge on any atom is 0.234 e. The van der Waals surface area contributed by atoms with E-state index < -0.39 is 0 Å². The molecular formula is C21H20Cl4N4O2S. The first-order valence-electron chi connectivity index (χ1n) is 9.75. The summed E-state index contributed by atoms with van der Waals surface area (Å²) in [5.74, 6) is 1.38. The summed E-state index contributed by atoms with van der Waals surface area (Å²) in [4.78, 5) is 12.3. The van der Waals surface area contributed by atoms with Crippen molar-refractivity contribution in [2.45, 2.75) is 31.5 Å². The minimum Gasteiger partial charge on any atom is -0.492 e. The average Bonchev–Trinajstić information content (AvgIpc) is 3.15. The lowest BCUT2D eigenvalue weighted by Crippen LogP contribution is -2.15. The zero-order chi connectivity index (χ0) is 23.1. The van der Waals surface area contributed by atoms with Gasteiger partial charge in [-0.15, -0.1) is 10.2 Å². The number of carbonyl (C=O) groups is 1. The first-order valence-corrected chi connectivity index (χ1v) is 12.2. The second-order valence-electron chi connectivity index (χ2n) is 6.63. The van der Waals surface area contributed by atoms with Gasteiger partial charge < -0.3 is 14.6 Å². The lowest BCUT2D eigenvalue weighted by molar-refractivity contribution is -0.113. The topological polar surface area (TPSA) is 69.0 Å². The monoisotopic (exact) mass is 532 g/mol. The van der Waals surface area contributed by atoms with Gasteiger partial charge in [-0.3, -0.25) is 4.79 Å². The number of aryl methyl sites for hydroxylation is 1. The standard InChI is InChI=1S/C21H20Cl4N4O2S/c1-2-29-19(4-3-9-31-18-8-6-13(22)10-16(18)25)27-28-21(29)32-12-20(30)26-17-11-14(23)5-7-15(17)24/h5-8,10-11H,2-4,9,12H2,1H3,(H,26,30). The number of nitrogens with one attached hydrogen (secondary N) is 1. The number of amides is 1. The molecule has 0 aliphatic carbocycles. The fourth-order valence-electron chi connectivity index (χ4n) is 2.84. The van der Waals surface area contributed by atoms with Gasteiger partial charge in [-0.2, -0.15) is 0 Å². The Morgan fingerprint density at radius 2 is 1.81 bits per heavy atom. The van der Waals surface area contributed by atoms with Crippen LogP contribution in [0.3, 0.4) is 0 Å². The van der Waals surface area contributed by atoms with Crippen molar-refractivity contribution < 1.29 is 9.53 Å². The fourth-order valence-corrected chi connectivity index (χ4v) is 4.46. The predicted molar refractivity (Wildman–Crippen MR) is 132 cm³/mol. The van der Waals surface area contributed by atoms with Crippen molar-refractivity contribution in [1.29, 1.82) is 0 Å². The highest BCUT2D eigenvalue weighted by Crippen LogP contribution is 2.28. The van der Waals surface area contributed by atoms with Crippen molar-refractivity contribution in [1.82, 2.24) is 14.8 Å². The van der Waals surface area contributed by atoms with E-state index in [0.29, 0.717) is 56.3 Å². The number of rotatable bonds is 10. The van der Waals surface area contributed by atoms with E-state index in [9.17, 15) is 4.79 Å². The third-order valence-corrected chi connectivity index (χ3v) is 6.40. The summed E-state index contributed by atoms with van der Waals surface area (Å²) >= 11 is 25.4. The van der Waals surface area contributed by atoms with Crippen LogP contribution in [-0.2, 0) is 17.8 Å². The molecule has 3 rings (SSSR count). The van der Waals surface area contributed by atoms with Gasteiger partial charge in [-0.1, -0.05) is 58.2 Å². The minimum atomic E-state index is -0.209. The van der Waals surface area contributed by atoms with Crippen molar-refractivity contribution in [2.24, 2.45) is 0 Å². The maximum absolute atomic E-state index is 12.3. The van der Waals surface area contributed by atoms with Crippen molar-refractivity contribution in [2.75, 3.05) is 17.7 Å². The van der Waals surface area contributed by atoms with E-state index >= 15 is 0 Å². The second kappa shape index (κ2) is 12.0. The average molecular weight is 534 g/mol. The van der Waals surface area contributed by atoms with Crippen LogP contribution in [0.4, 0.5) is 5.69 Å². The Balaban J connectivity index is 1.50. The van der Waals surface area contributed by atoms with Crippen LogP contribution in [0.1, 0.15) is 19.2 Å². The molecule has 2 aromatic carbocycles. The molecule has 0 saturated carbocycles. The molecule has 1 heterocycles. The number of hydrogen-bond acceptors (Lipinski definition) is 5. The summed E-state index contributed by atoms with van der Waals surface area (Å²) in [6, 6.07) is 10.0. The number of halogens is 4. The molecule has 0 fully saturated rings. The fraction of sp³-hybridized carbons (Fsp3) is 0.286. The van der Waals surface area contributed by atoms with Gasteiger partial charge in [0, 0.05) is 23.0 Å². The number of hydrogen-bond donors (Lipinski definition) is 1. The van der Waals surface area contributed by atoms with Gasteiger partial charge in [0.05, 0.1) is 28.1 Å². The molecule has 1 amide bonds. The first kappa shape index (κ1) is 25.0. The molecule has 11 heteroatoms. The number of benzene rings is 2. The smallest absolute Gasteiger partial charge is 0.234 e. The molecule has 1 aromatic heterocycles. The van der Waals surface area contributed by atoms with Crippen LogP contribution >= 0.6 is 58.2 Å². The second-order valence-corrected chi connectivity index (χ2v) is 9.26. The van der Waals surface area contributed by atoms with Crippen LogP contribution in [0.5, 0.6) is 5.75 Å². The summed E-state index contributed by atoms with van der Waals surface area (Å²) in [5, 5.41) is 13.9. The summed E-state index contributed by atoms with van der Waals surface area (Å²) in [6.45, 7) is 3.17. The number of nitrogens with zero attached hydrogens (tertiary/aromatic N) is 3. The minimum absolute atomic E-state index is 0.166. The summed E-state index contributed by atoms with van der Waals surface area (Å²) in [5.41, 5.74) is 0.475. The largest absolute Gasteiger partial charge is 0.492 e. The Kier molecular flexibility index (Phi) is 9.37. The van der Waals surface area contributed by atoms with Crippen LogP contribution in [0, 0.1) is 0 Å². The maximum atomic E-state index is 12.3. The van der Waals surface area contributed by atoms with Crippen molar-refractivity contribution >= 4 is 69.8 Å². The molecule has 0 spiro atoms. The Morgan fingerprint density at radius 1 is 1.06 bits per heavy atom. The van der Waals surface area contributed by atoms with E-state index in [1.807, 2.05) is 11.5 Å². The van der Waals surface area contributed by atoms with E-state index in [4.69, 9.17) is 51.1 Å². The van der Waals surface area contributed by atoms with Crippen LogP contribution in [0.15, 0.2) is 41.6 Å². The molecule has 0 atom stereocenters. The molecule has 0 unspecified atom stereocenters. The van der Waals surface area contributed by atoms with Crippen LogP contribution in [-0.4, -0.2) is 33.0 Å². The molecule has 32 heavy (non-hydrogen) atoms. The number of aromatic nitrogens is 3. The molecule has 0 saturated heterocycles. The Hall–Kier alpha value is -1.64. The third kappa shape index (κ3) is 6.93. The Labute approximate surface area is 210 Å². The lowest BCUT2D eigenvalue weighted by atomic mass is 10.3. The molecule has 0 radical (unpaired) electrons. The predicted octanol–water partition coefficient (Wildman–Crippen LogP) is 6.65. The van der Waals surface area contributed by atoms with Gasteiger partial charge in [0.15, 0.2) is 5.16 Å². The normalized spacial score (nSPS) is 10.9. The zero-order valence-corrected chi connectivity index (χ0v) is 20.9. The number of carbonyl (C=O) groups excluding carboxylic acids is 1. The quantitative estimate of drug-likeness (QED) is 0.233. The molecule has 6 nitrogen and oxygen atoms in total. The van der Waals surface area contributed by atoms with Crippen LogP contribution in [0.25, 0.3) is 0 Å². The summed E-state index contributed by atoms with van der Waals surface area (Å²) < 4.78 is 7.71. The Bertz CT molecular complexity index is 1090. The van der Waals surface area contributed by atoms with Gasteiger partial charge in [-0.25, -0.2) is 0 Å². The van der Waals surface area contributed by atoms with Gasteiger partial charge in [0.2, 0.25) is 5.91 Å². The first-order chi connectivity index (χ1) is 15.4. The molecule has 0 aliphatic heterocycles. The number of ether oxygens (including phenoxy) is 1. The molecular weight excluding hydrogens is 514 g/mol. The van der Waals surface area contributed by atoms with Crippen molar-refractivity contribution in [3.05, 3.63) is 62.3 Å². The molecule has 0 bridgehead atoms. The SMILES string of the molecule is CCn1c(CCCOc2ccc(Cl)cc2Cl)nnc1SCC(=O)Nc1cc(Cl)ccc1Cl. The molecule has 0 aliphatic rings. The number of anilines is 1. The summed E-state index contributed by atoms with van der Waals surface area (Å²) in [6.07, 6.45) is 1.41. The number of thioether (sulfide) groups is 1. The molecule has 170 valence electrons. The van der Waals surface area contributed by atoms with E-state index in [1.165, 1.54) is 11.8 Å². The van der Waals surface area contributed by atoms with E-state index in [1.54, 1.807) is 36.4 Å². The van der Waals surface area contributed by atoms with Crippen LogP contribution < -0.4 is 10.1 Å². The molecule has 3 aromatic rings. The van der Waals surface area contributed by atoms with E-state index in [-0.39, 0.29) is 11.7 Å². The molecule has 1 N–H and O–H groups in total. The Morgan fingerprint density at radius 3 is 2.56 bits per heavy atom. The van der Waals surface area contributed by atoms with Crippen LogP contribution in [0.2, 0.25) is 20.1 Å². The summed E-state index contributed by atoms with van der Waals surface area (Å²) in [7, 11) is 0. The highest BCUT2D eigenvalue weighted by molar-refractivity contribution is 7.99. The van der Waals surface area contributed by atoms with E-state index in [2.05, 4.69) is 15.5 Å². The van der Waals surface area contributed by atoms with Gasteiger partial charge >= 0.3 is 0 Å². The van der Waals surface area contributed by atoms with Gasteiger partial charge in [-0.05, 0) is 49.7 Å². The van der Waals surface area contributed by atoms with Gasteiger partial charge in [0.25, 0.3) is 0 Å². The third-order valence-electron chi connectivity index (χ3n) is 4.34. The van der Waals surface area contributed by atoms with Crippen molar-refractivity contribution in [3.63, 3.8) is 0 Å². The van der Waals surface area contributed by atoms with E-state index in [0.717, 1.165) is 12.2 Å². The highest BCUT2D eigenvalue weighted by Gasteiger charge is 2.14. The zero-order valence-electron chi connectivity index (χ0n) is 17.1. The highest BCUT2D eigenvalue weighted by atomic mass is 35.5. The van der Waals surface area contributed by atoms with Gasteiger partial charge in [0.1, 0.15) is 11.6 Å².